The lowest BCUT2D eigenvalue weighted by Gasteiger charge is -2.31. The third kappa shape index (κ3) is 3.84. The third-order valence-electron chi connectivity index (χ3n) is 3.46. The van der Waals surface area contributed by atoms with Gasteiger partial charge in [0, 0.05) is 24.4 Å². The Morgan fingerprint density at radius 1 is 1.28 bits per heavy atom. The van der Waals surface area contributed by atoms with Gasteiger partial charge in [0.05, 0.1) is 16.3 Å². The van der Waals surface area contributed by atoms with Gasteiger partial charge in [-0.1, -0.05) is 22.5 Å². The second-order valence-electron chi connectivity index (χ2n) is 5.79. The maximum Gasteiger partial charge on any atom is 0.195 e. The van der Waals surface area contributed by atoms with Crippen molar-refractivity contribution in [2.45, 2.75) is 19.6 Å². The minimum Gasteiger partial charge on any atom is -0.466 e. The van der Waals surface area contributed by atoms with E-state index in [0.717, 1.165) is 0 Å². The number of benzene rings is 2. The van der Waals surface area contributed by atoms with Crippen LogP contribution in [-0.2, 0) is 19.3 Å². The Labute approximate surface area is 151 Å². The first-order chi connectivity index (χ1) is 11.8. The normalized spacial score (nSPS) is 16.8. The Morgan fingerprint density at radius 2 is 1.96 bits per heavy atom. The molecule has 2 aromatic rings. The van der Waals surface area contributed by atoms with Crippen LogP contribution < -0.4 is 4.74 Å². The minimum atomic E-state index is -1.81. The summed E-state index contributed by atoms with van der Waals surface area (Å²) < 4.78 is 39.2. The van der Waals surface area contributed by atoms with Crippen molar-refractivity contribution in [2.75, 3.05) is 7.11 Å². The van der Waals surface area contributed by atoms with Crippen LogP contribution in [0, 0.1) is 5.82 Å². The van der Waals surface area contributed by atoms with E-state index in [1.807, 2.05) is 0 Å². The second-order valence-corrected chi connectivity index (χ2v) is 7.15. The summed E-state index contributed by atoms with van der Waals surface area (Å²) in [4.78, 5) is 4.60. The van der Waals surface area contributed by atoms with Gasteiger partial charge in [-0.05, 0) is 44.2 Å². The van der Waals surface area contributed by atoms with Crippen molar-refractivity contribution in [3.63, 3.8) is 0 Å². The first kappa shape index (κ1) is 17.8. The molecule has 132 valence electrons. The van der Waals surface area contributed by atoms with Crippen molar-refractivity contribution in [3.05, 3.63) is 58.4 Å². The largest absolute Gasteiger partial charge is 0.466 e. The van der Waals surface area contributed by atoms with Crippen LogP contribution in [0.4, 0.5) is 10.1 Å². The number of fused-ring (bicyclic) bond motifs is 1. The van der Waals surface area contributed by atoms with Crippen LogP contribution in [0.15, 0.2) is 45.8 Å². The Balaban J connectivity index is 2.19. The van der Waals surface area contributed by atoms with Crippen LogP contribution in [0.5, 0.6) is 5.75 Å². The van der Waals surface area contributed by atoms with E-state index < -0.39 is 16.6 Å². The fourth-order valence-corrected chi connectivity index (χ4v) is 3.13. The predicted molar refractivity (Wildman–Crippen MR) is 95.3 cm³/mol. The zero-order valence-corrected chi connectivity index (χ0v) is 15.3. The summed E-state index contributed by atoms with van der Waals surface area (Å²) in [5, 5.41) is 0.336. The highest BCUT2D eigenvalue weighted by Gasteiger charge is 2.30. The fraction of sp³-hybridized carbons (Fsp3) is 0.235. The van der Waals surface area contributed by atoms with Crippen molar-refractivity contribution < 1.29 is 17.5 Å². The van der Waals surface area contributed by atoms with Crippen molar-refractivity contribution >= 4 is 33.9 Å². The van der Waals surface area contributed by atoms with E-state index >= 15 is 0 Å². The van der Waals surface area contributed by atoms with Crippen LogP contribution in [0.2, 0.25) is 5.02 Å². The number of hydrogen-bond donors (Lipinski definition) is 0. The molecule has 0 atom stereocenters. The van der Waals surface area contributed by atoms with E-state index in [1.165, 1.54) is 19.2 Å². The average molecular weight is 382 g/mol. The molecule has 0 aliphatic carbocycles. The lowest BCUT2D eigenvalue weighted by Crippen LogP contribution is -2.32. The van der Waals surface area contributed by atoms with Gasteiger partial charge in [-0.15, -0.1) is 0 Å². The smallest absolute Gasteiger partial charge is 0.195 e. The van der Waals surface area contributed by atoms with Gasteiger partial charge < -0.3 is 17.5 Å². The quantitative estimate of drug-likeness (QED) is 0.718. The Morgan fingerprint density at radius 3 is 2.60 bits per heavy atom. The van der Waals surface area contributed by atoms with E-state index in [0.29, 0.717) is 33.3 Å². The summed E-state index contributed by atoms with van der Waals surface area (Å²) in [5.74, 6) is 0.122. The summed E-state index contributed by atoms with van der Waals surface area (Å²) in [6, 6.07) is 9.16. The zero-order valence-electron chi connectivity index (χ0n) is 13.7. The van der Waals surface area contributed by atoms with Gasteiger partial charge in [0.1, 0.15) is 11.6 Å². The topological polar surface area (TPSA) is 60.2 Å². The molecule has 8 heteroatoms. The van der Waals surface area contributed by atoms with Crippen molar-refractivity contribution in [3.8, 4) is 5.75 Å². The van der Waals surface area contributed by atoms with Crippen LogP contribution >= 0.6 is 11.6 Å². The van der Waals surface area contributed by atoms with E-state index in [1.54, 1.807) is 38.1 Å². The van der Waals surface area contributed by atoms with Gasteiger partial charge in [0.15, 0.2) is 5.72 Å². The number of halogens is 2. The predicted octanol–water partition coefficient (Wildman–Crippen LogP) is 4.79. The number of hydrogen-bond acceptors (Lipinski definition) is 6. The molecule has 0 radical (unpaired) electrons. The molecule has 0 amide bonds. The van der Waals surface area contributed by atoms with Crippen molar-refractivity contribution in [2.24, 2.45) is 9.36 Å². The molecule has 0 saturated heterocycles. The van der Waals surface area contributed by atoms with Crippen molar-refractivity contribution in [1.29, 1.82) is 0 Å². The summed E-state index contributed by atoms with van der Waals surface area (Å²) >= 11 is 6.41. The van der Waals surface area contributed by atoms with E-state index in [9.17, 15) is 8.60 Å². The monoisotopic (exact) mass is 381 g/mol. The van der Waals surface area contributed by atoms with Crippen LogP contribution in [0.25, 0.3) is 0 Å². The molecular formula is C17H15ClFN2O3S-. The molecular weight excluding hydrogens is 367 g/mol. The van der Waals surface area contributed by atoms with E-state index in [-0.39, 0.29) is 5.82 Å². The van der Waals surface area contributed by atoms with Gasteiger partial charge >= 0.3 is 0 Å². The lowest BCUT2D eigenvalue weighted by molar-refractivity contribution is 0.115. The molecule has 0 bridgehead atoms. The number of rotatable bonds is 3. The first-order valence-electron chi connectivity index (χ1n) is 7.36. The molecule has 3 rings (SSSR count). The highest BCUT2D eigenvalue weighted by molar-refractivity contribution is 7.69. The number of aliphatic imine (C=N–C) groups is 1. The zero-order chi connectivity index (χ0) is 18.2. The van der Waals surface area contributed by atoms with Crippen LogP contribution in [0.1, 0.15) is 25.0 Å². The molecule has 0 spiro atoms. The standard InChI is InChI=1S/C17H15ClFN2O3S/c1-17(2)20-16(10-4-6-11(19)7-5-10)15-13(18)8-12(9-14(15)24-17)21-25(22)23-3/h4-9H,1-3H3/q-1. The number of nitrogens with zero attached hydrogens (tertiary/aromatic N) is 2. The summed E-state index contributed by atoms with van der Waals surface area (Å²) in [6.07, 6.45) is 0. The van der Waals surface area contributed by atoms with E-state index in [2.05, 4.69) is 13.5 Å². The highest BCUT2D eigenvalue weighted by Crippen LogP contribution is 2.40. The fourth-order valence-electron chi connectivity index (χ4n) is 2.49. The molecule has 1 aliphatic rings. The molecule has 5 nitrogen and oxygen atoms in total. The Bertz CT molecular complexity index is 936. The molecule has 1 aliphatic heterocycles. The molecule has 0 saturated carbocycles. The van der Waals surface area contributed by atoms with Gasteiger partial charge in [-0.2, -0.15) is 0 Å². The van der Waals surface area contributed by atoms with Crippen LogP contribution in [0.3, 0.4) is 0 Å². The lowest BCUT2D eigenvalue weighted by atomic mass is 9.98. The van der Waals surface area contributed by atoms with E-state index in [4.69, 9.17) is 16.3 Å². The third-order valence-corrected chi connectivity index (χ3v) is 4.40. The van der Waals surface area contributed by atoms with Gasteiger partial charge in [-0.25, -0.2) is 9.38 Å². The van der Waals surface area contributed by atoms with Crippen molar-refractivity contribution in [1.82, 2.24) is 0 Å². The molecule has 0 N–H and O–H groups in total. The molecule has 1 heterocycles. The highest BCUT2D eigenvalue weighted by atomic mass is 35.5. The second kappa shape index (κ2) is 6.74. The summed E-state index contributed by atoms with van der Waals surface area (Å²) in [7, 11) is -0.525. The van der Waals surface area contributed by atoms with Gasteiger partial charge in [0.25, 0.3) is 0 Å². The Hall–Kier alpha value is -1.96. The summed E-state index contributed by atoms with van der Waals surface area (Å²) in [5.41, 5.74) is 1.40. The molecule has 2 aromatic carbocycles. The molecule has 0 unspecified atom stereocenters. The first-order valence-corrected chi connectivity index (χ1v) is 8.77. The summed E-state index contributed by atoms with van der Waals surface area (Å²) in [6.45, 7) is 3.59. The maximum absolute atomic E-state index is 13.2. The average Bonchev–Trinajstić information content (AvgIpc) is 2.53. The van der Waals surface area contributed by atoms with Gasteiger partial charge in [-0.3, -0.25) is 0 Å². The maximum atomic E-state index is 13.2. The molecule has 0 fully saturated rings. The van der Waals surface area contributed by atoms with Crippen LogP contribution in [-0.4, -0.2) is 18.5 Å². The SMILES string of the molecule is CO[S-](=O)=Nc1cc(Cl)c2c(c1)OC(C)(C)N=C2c1ccc(F)cc1. The minimum absolute atomic E-state index is 0.335. The number of ether oxygens (including phenoxy) is 1. The molecule has 0 aromatic heterocycles. The van der Waals surface area contributed by atoms with Gasteiger partial charge in [0.2, 0.25) is 0 Å². The molecule has 25 heavy (non-hydrogen) atoms. The Kier molecular flexibility index (Phi) is 4.81.